The number of alkyl halides is 5. The summed E-state index contributed by atoms with van der Waals surface area (Å²) < 4.78 is 62.2. The van der Waals surface area contributed by atoms with E-state index in [1.165, 1.54) is 12.1 Å². The predicted octanol–water partition coefficient (Wildman–Crippen LogP) is 4.22. The number of halogens is 5. The van der Waals surface area contributed by atoms with Crippen molar-refractivity contribution in [2.45, 2.75) is 30.9 Å². The van der Waals surface area contributed by atoms with Crippen LogP contribution in [-0.2, 0) is 6.18 Å². The van der Waals surface area contributed by atoms with Crippen molar-refractivity contribution in [1.29, 1.82) is 0 Å². The molecule has 0 saturated heterocycles. The van der Waals surface area contributed by atoms with E-state index in [-0.39, 0.29) is 12.8 Å². The molecule has 0 spiro atoms. The Morgan fingerprint density at radius 3 is 2.25 bits per heavy atom. The maximum atomic E-state index is 12.6. The van der Waals surface area contributed by atoms with Crippen LogP contribution in [-0.4, -0.2) is 5.92 Å². The van der Waals surface area contributed by atoms with E-state index in [2.05, 4.69) is 0 Å². The van der Waals surface area contributed by atoms with E-state index in [9.17, 15) is 22.0 Å². The highest BCUT2D eigenvalue weighted by Crippen LogP contribution is 2.48. The second kappa shape index (κ2) is 3.43. The van der Waals surface area contributed by atoms with E-state index in [4.69, 9.17) is 0 Å². The SMILES string of the molecule is FC1(F)CC(c2cccc(C(F)(F)F)c2)C1. The number of rotatable bonds is 1. The van der Waals surface area contributed by atoms with Crippen molar-refractivity contribution in [1.82, 2.24) is 0 Å². The average Bonchev–Trinajstić information content (AvgIpc) is 2.13. The van der Waals surface area contributed by atoms with E-state index < -0.39 is 23.6 Å². The summed E-state index contributed by atoms with van der Waals surface area (Å²) in [4.78, 5) is 0. The van der Waals surface area contributed by atoms with Gasteiger partial charge in [0.25, 0.3) is 0 Å². The molecule has 2 rings (SSSR count). The Bertz CT molecular complexity index is 386. The molecule has 16 heavy (non-hydrogen) atoms. The minimum absolute atomic E-state index is 0.348. The molecule has 0 unspecified atom stereocenters. The first-order chi connectivity index (χ1) is 7.28. The van der Waals surface area contributed by atoms with Crippen molar-refractivity contribution in [3.8, 4) is 0 Å². The summed E-state index contributed by atoms with van der Waals surface area (Å²) in [6.07, 6.45) is -5.12. The maximum absolute atomic E-state index is 12.6. The quantitative estimate of drug-likeness (QED) is 0.640. The van der Waals surface area contributed by atoms with Gasteiger partial charge in [-0.25, -0.2) is 8.78 Å². The molecule has 0 N–H and O–H groups in total. The fraction of sp³-hybridized carbons (Fsp3) is 0.455. The summed E-state index contributed by atoms with van der Waals surface area (Å²) in [5, 5.41) is 0. The van der Waals surface area contributed by atoms with Crippen LogP contribution in [0.1, 0.15) is 29.9 Å². The number of hydrogen-bond donors (Lipinski definition) is 0. The summed E-state index contributed by atoms with van der Waals surface area (Å²) in [6.45, 7) is 0. The van der Waals surface area contributed by atoms with Crippen LogP contribution >= 0.6 is 0 Å². The maximum Gasteiger partial charge on any atom is 0.416 e. The summed E-state index contributed by atoms with van der Waals surface area (Å²) in [5.74, 6) is -3.16. The Kier molecular flexibility index (Phi) is 2.44. The van der Waals surface area contributed by atoms with Gasteiger partial charge in [-0.15, -0.1) is 0 Å². The topological polar surface area (TPSA) is 0 Å². The molecule has 0 amide bonds. The fourth-order valence-corrected chi connectivity index (χ4v) is 1.87. The van der Waals surface area contributed by atoms with E-state index in [1.807, 2.05) is 0 Å². The lowest BCUT2D eigenvalue weighted by atomic mass is 9.76. The van der Waals surface area contributed by atoms with Gasteiger partial charge in [-0.3, -0.25) is 0 Å². The third-order valence-electron chi connectivity index (χ3n) is 2.78. The summed E-state index contributed by atoms with van der Waals surface area (Å²) >= 11 is 0. The molecule has 88 valence electrons. The summed E-state index contributed by atoms with van der Waals surface area (Å²) in [5.41, 5.74) is -0.430. The van der Waals surface area contributed by atoms with Gasteiger partial charge in [-0.05, 0) is 17.5 Å². The first-order valence-corrected chi connectivity index (χ1v) is 4.83. The zero-order valence-corrected chi connectivity index (χ0v) is 8.19. The van der Waals surface area contributed by atoms with Crippen LogP contribution in [0.15, 0.2) is 24.3 Å². The average molecular weight is 236 g/mol. The van der Waals surface area contributed by atoms with E-state index in [0.29, 0.717) is 5.56 Å². The number of benzene rings is 1. The molecule has 0 aromatic heterocycles. The van der Waals surface area contributed by atoms with E-state index in [1.54, 1.807) is 0 Å². The molecule has 1 fully saturated rings. The molecule has 1 aliphatic carbocycles. The molecule has 1 aliphatic rings. The first kappa shape index (κ1) is 11.4. The monoisotopic (exact) mass is 236 g/mol. The van der Waals surface area contributed by atoms with Crippen LogP contribution in [0.3, 0.4) is 0 Å². The molecular weight excluding hydrogens is 227 g/mol. The molecule has 5 heteroatoms. The highest BCUT2D eigenvalue weighted by atomic mass is 19.4. The van der Waals surface area contributed by atoms with Crippen LogP contribution in [0.25, 0.3) is 0 Å². The van der Waals surface area contributed by atoms with Crippen molar-refractivity contribution in [3.63, 3.8) is 0 Å². The largest absolute Gasteiger partial charge is 0.416 e. The number of hydrogen-bond acceptors (Lipinski definition) is 0. The Hall–Kier alpha value is -1.13. The van der Waals surface area contributed by atoms with Gasteiger partial charge in [0.2, 0.25) is 5.92 Å². The summed E-state index contributed by atoms with van der Waals surface area (Å²) in [7, 11) is 0. The second-order valence-electron chi connectivity index (χ2n) is 4.08. The van der Waals surface area contributed by atoms with Crippen LogP contribution in [0.5, 0.6) is 0 Å². The van der Waals surface area contributed by atoms with Crippen molar-refractivity contribution in [3.05, 3.63) is 35.4 Å². The van der Waals surface area contributed by atoms with Gasteiger partial charge in [0.05, 0.1) is 5.56 Å². The molecule has 0 atom stereocenters. The van der Waals surface area contributed by atoms with Crippen LogP contribution < -0.4 is 0 Å². The third-order valence-corrected chi connectivity index (χ3v) is 2.78. The molecule has 0 bridgehead atoms. The Balaban J connectivity index is 2.18. The van der Waals surface area contributed by atoms with E-state index >= 15 is 0 Å². The Morgan fingerprint density at radius 1 is 1.12 bits per heavy atom. The molecule has 0 heterocycles. The van der Waals surface area contributed by atoms with Crippen molar-refractivity contribution >= 4 is 0 Å². The van der Waals surface area contributed by atoms with Crippen LogP contribution in [0.2, 0.25) is 0 Å². The minimum Gasteiger partial charge on any atom is -0.207 e. The predicted molar refractivity (Wildman–Crippen MR) is 48.4 cm³/mol. The smallest absolute Gasteiger partial charge is 0.207 e. The standard InChI is InChI=1S/C11H9F5/c12-10(13)5-8(6-10)7-2-1-3-9(4-7)11(14,15)16/h1-4,8H,5-6H2. The lowest BCUT2D eigenvalue weighted by Crippen LogP contribution is -2.33. The zero-order chi connectivity index (χ0) is 12.0. The van der Waals surface area contributed by atoms with Gasteiger partial charge in [0.1, 0.15) is 0 Å². The van der Waals surface area contributed by atoms with Crippen LogP contribution in [0, 0.1) is 0 Å². The highest BCUT2D eigenvalue weighted by Gasteiger charge is 2.46. The molecule has 0 aliphatic heterocycles. The molecule has 0 radical (unpaired) electrons. The zero-order valence-electron chi connectivity index (χ0n) is 8.19. The van der Waals surface area contributed by atoms with Gasteiger partial charge < -0.3 is 0 Å². The molecule has 1 aromatic rings. The van der Waals surface area contributed by atoms with Gasteiger partial charge >= 0.3 is 6.18 Å². The molecule has 0 nitrogen and oxygen atoms in total. The van der Waals surface area contributed by atoms with Gasteiger partial charge in [-0.1, -0.05) is 18.2 Å². The third kappa shape index (κ3) is 2.18. The van der Waals surface area contributed by atoms with Gasteiger partial charge in [-0.2, -0.15) is 13.2 Å². The van der Waals surface area contributed by atoms with Crippen molar-refractivity contribution in [2.24, 2.45) is 0 Å². The summed E-state index contributed by atoms with van der Waals surface area (Å²) in [6, 6.07) is 4.63. The Morgan fingerprint density at radius 2 is 1.75 bits per heavy atom. The van der Waals surface area contributed by atoms with Crippen LogP contribution in [0.4, 0.5) is 22.0 Å². The molecule has 1 saturated carbocycles. The lowest BCUT2D eigenvalue weighted by Gasteiger charge is -2.35. The molecule has 1 aromatic carbocycles. The fourth-order valence-electron chi connectivity index (χ4n) is 1.87. The normalized spacial score (nSPS) is 20.6. The minimum atomic E-state index is -4.41. The second-order valence-corrected chi connectivity index (χ2v) is 4.08. The Labute approximate surface area is 89.1 Å². The van der Waals surface area contributed by atoms with Gasteiger partial charge in [0.15, 0.2) is 0 Å². The highest BCUT2D eigenvalue weighted by molar-refractivity contribution is 5.30. The van der Waals surface area contributed by atoms with E-state index in [0.717, 1.165) is 12.1 Å². The van der Waals surface area contributed by atoms with Crippen molar-refractivity contribution < 1.29 is 22.0 Å². The molecular formula is C11H9F5. The van der Waals surface area contributed by atoms with Gasteiger partial charge in [0, 0.05) is 12.8 Å². The lowest BCUT2D eigenvalue weighted by molar-refractivity contribution is -0.137. The van der Waals surface area contributed by atoms with Crippen molar-refractivity contribution in [2.75, 3.05) is 0 Å². The first-order valence-electron chi connectivity index (χ1n) is 4.83.